The molecule has 0 bridgehead atoms. The highest BCUT2D eigenvalue weighted by Crippen LogP contribution is 2.27. The van der Waals surface area contributed by atoms with E-state index in [1.807, 2.05) is 19.1 Å². The Morgan fingerprint density at radius 1 is 1.21 bits per heavy atom. The molecule has 0 fully saturated rings. The Hall–Kier alpha value is -2.36. The number of carbonyl (C=O) groups excluding carboxylic acids is 1. The van der Waals surface area contributed by atoms with Gasteiger partial charge in [-0.25, -0.2) is 0 Å². The lowest BCUT2D eigenvalue weighted by Crippen LogP contribution is -1.94. The average Bonchev–Trinajstić information content (AvgIpc) is 2.47. The third kappa shape index (κ3) is 2.91. The van der Waals surface area contributed by atoms with E-state index in [4.69, 9.17) is 9.47 Å². The van der Waals surface area contributed by atoms with Crippen molar-refractivity contribution in [3.63, 3.8) is 0 Å². The zero-order chi connectivity index (χ0) is 13.7. The standard InChI is InChI=1S/C15H15NO3/c1-3-19-14-7-12(8-16-9-14)11-4-5-15(18-2)13(6-11)10-17/h4-10H,3H2,1-2H3. The second-order valence-electron chi connectivity index (χ2n) is 3.92. The van der Waals surface area contributed by atoms with Crippen molar-refractivity contribution >= 4 is 6.29 Å². The number of hydrogen-bond acceptors (Lipinski definition) is 4. The van der Waals surface area contributed by atoms with Crippen LogP contribution in [0.4, 0.5) is 0 Å². The Morgan fingerprint density at radius 3 is 2.74 bits per heavy atom. The molecule has 0 saturated carbocycles. The van der Waals surface area contributed by atoms with Crippen molar-refractivity contribution in [3.05, 3.63) is 42.2 Å². The first-order chi connectivity index (χ1) is 9.28. The van der Waals surface area contributed by atoms with E-state index in [0.29, 0.717) is 23.7 Å². The maximum atomic E-state index is 11.0. The molecule has 0 unspecified atom stereocenters. The first-order valence-electron chi connectivity index (χ1n) is 6.00. The predicted octanol–water partition coefficient (Wildman–Crippen LogP) is 2.97. The van der Waals surface area contributed by atoms with Gasteiger partial charge in [0, 0.05) is 11.8 Å². The molecule has 0 aliphatic rings. The molecule has 4 heteroatoms. The van der Waals surface area contributed by atoms with E-state index in [1.54, 1.807) is 31.6 Å². The van der Waals surface area contributed by atoms with Crippen LogP contribution in [0.15, 0.2) is 36.7 Å². The van der Waals surface area contributed by atoms with Crippen molar-refractivity contribution in [2.24, 2.45) is 0 Å². The summed E-state index contributed by atoms with van der Waals surface area (Å²) in [6, 6.07) is 7.33. The molecule has 0 saturated heterocycles. The van der Waals surface area contributed by atoms with Crippen LogP contribution in [0.25, 0.3) is 11.1 Å². The predicted molar refractivity (Wildman–Crippen MR) is 72.8 cm³/mol. The molecular weight excluding hydrogens is 242 g/mol. The maximum absolute atomic E-state index is 11.0. The van der Waals surface area contributed by atoms with Gasteiger partial charge in [0.2, 0.25) is 0 Å². The molecule has 0 aliphatic heterocycles. The van der Waals surface area contributed by atoms with Gasteiger partial charge >= 0.3 is 0 Å². The highest BCUT2D eigenvalue weighted by molar-refractivity contribution is 5.83. The highest BCUT2D eigenvalue weighted by Gasteiger charge is 2.06. The minimum atomic E-state index is 0.516. The number of methoxy groups -OCH3 is 1. The van der Waals surface area contributed by atoms with E-state index in [0.717, 1.165) is 17.4 Å². The van der Waals surface area contributed by atoms with Crippen molar-refractivity contribution in [1.29, 1.82) is 0 Å². The third-order valence-corrected chi connectivity index (χ3v) is 2.71. The Morgan fingerprint density at radius 2 is 2.05 bits per heavy atom. The summed E-state index contributed by atoms with van der Waals surface area (Å²) in [5.41, 5.74) is 2.32. The van der Waals surface area contributed by atoms with Gasteiger partial charge in [0.05, 0.1) is 25.5 Å². The lowest BCUT2D eigenvalue weighted by molar-refractivity contribution is 0.112. The van der Waals surface area contributed by atoms with Crippen LogP contribution in [0.3, 0.4) is 0 Å². The molecular formula is C15H15NO3. The summed E-state index contributed by atoms with van der Waals surface area (Å²) in [6.45, 7) is 2.51. The van der Waals surface area contributed by atoms with Gasteiger partial charge in [0.25, 0.3) is 0 Å². The van der Waals surface area contributed by atoms with E-state index in [1.165, 1.54) is 0 Å². The molecule has 0 spiro atoms. The Bertz CT molecular complexity index is 581. The highest BCUT2D eigenvalue weighted by atomic mass is 16.5. The second kappa shape index (κ2) is 6.00. The van der Waals surface area contributed by atoms with E-state index in [2.05, 4.69) is 4.98 Å². The fourth-order valence-electron chi connectivity index (χ4n) is 1.83. The quantitative estimate of drug-likeness (QED) is 0.773. The van der Waals surface area contributed by atoms with Gasteiger partial charge in [-0.15, -0.1) is 0 Å². The largest absolute Gasteiger partial charge is 0.496 e. The molecule has 0 radical (unpaired) electrons. The zero-order valence-electron chi connectivity index (χ0n) is 10.9. The number of aromatic nitrogens is 1. The molecule has 1 aromatic carbocycles. The number of pyridine rings is 1. The summed E-state index contributed by atoms with van der Waals surface area (Å²) in [5, 5.41) is 0. The lowest BCUT2D eigenvalue weighted by atomic mass is 10.0. The number of carbonyl (C=O) groups is 1. The summed E-state index contributed by atoms with van der Waals surface area (Å²) in [4.78, 5) is 15.2. The second-order valence-corrected chi connectivity index (χ2v) is 3.92. The lowest BCUT2D eigenvalue weighted by Gasteiger charge is -2.08. The molecule has 98 valence electrons. The number of aldehydes is 1. The van der Waals surface area contributed by atoms with Crippen LogP contribution in [0.1, 0.15) is 17.3 Å². The molecule has 0 aliphatic carbocycles. The van der Waals surface area contributed by atoms with Crippen molar-refractivity contribution in [2.75, 3.05) is 13.7 Å². The van der Waals surface area contributed by atoms with Crippen LogP contribution in [0.5, 0.6) is 11.5 Å². The first-order valence-corrected chi connectivity index (χ1v) is 6.00. The van der Waals surface area contributed by atoms with Crippen LogP contribution in [0.2, 0.25) is 0 Å². The van der Waals surface area contributed by atoms with Gasteiger partial charge < -0.3 is 9.47 Å². The molecule has 0 atom stereocenters. The monoisotopic (exact) mass is 257 g/mol. The number of benzene rings is 1. The molecule has 19 heavy (non-hydrogen) atoms. The van der Waals surface area contributed by atoms with Crippen LogP contribution >= 0.6 is 0 Å². The number of ether oxygens (including phenoxy) is 2. The fourth-order valence-corrected chi connectivity index (χ4v) is 1.83. The summed E-state index contributed by atoms with van der Waals surface area (Å²) in [5.74, 6) is 1.27. The van der Waals surface area contributed by atoms with Crippen LogP contribution < -0.4 is 9.47 Å². The number of hydrogen-bond donors (Lipinski definition) is 0. The molecule has 0 N–H and O–H groups in total. The summed E-state index contributed by atoms with van der Waals surface area (Å²) < 4.78 is 10.5. The van der Waals surface area contributed by atoms with Crippen molar-refractivity contribution in [3.8, 4) is 22.6 Å². The molecule has 1 aromatic heterocycles. The van der Waals surface area contributed by atoms with Gasteiger partial charge in [-0.2, -0.15) is 0 Å². The smallest absolute Gasteiger partial charge is 0.153 e. The molecule has 1 heterocycles. The van der Waals surface area contributed by atoms with Crippen molar-refractivity contribution in [1.82, 2.24) is 4.98 Å². The third-order valence-electron chi connectivity index (χ3n) is 2.71. The minimum Gasteiger partial charge on any atom is -0.496 e. The number of nitrogens with zero attached hydrogens (tertiary/aromatic N) is 1. The summed E-state index contributed by atoms with van der Waals surface area (Å²) in [6.07, 6.45) is 4.18. The van der Waals surface area contributed by atoms with Crippen molar-refractivity contribution in [2.45, 2.75) is 6.92 Å². The maximum Gasteiger partial charge on any atom is 0.153 e. The van der Waals surface area contributed by atoms with Crippen LogP contribution in [-0.4, -0.2) is 25.0 Å². The Kier molecular flexibility index (Phi) is 4.13. The minimum absolute atomic E-state index is 0.516. The fraction of sp³-hybridized carbons (Fsp3) is 0.200. The zero-order valence-corrected chi connectivity index (χ0v) is 10.9. The molecule has 2 rings (SSSR count). The topological polar surface area (TPSA) is 48.4 Å². The van der Waals surface area contributed by atoms with E-state index < -0.39 is 0 Å². The SMILES string of the molecule is CCOc1cncc(-c2ccc(OC)c(C=O)c2)c1. The Balaban J connectivity index is 2.41. The molecule has 4 nitrogen and oxygen atoms in total. The average molecular weight is 257 g/mol. The number of rotatable bonds is 5. The van der Waals surface area contributed by atoms with Gasteiger partial charge in [-0.1, -0.05) is 6.07 Å². The van der Waals surface area contributed by atoms with E-state index in [9.17, 15) is 4.79 Å². The van der Waals surface area contributed by atoms with Gasteiger partial charge in [0.1, 0.15) is 11.5 Å². The van der Waals surface area contributed by atoms with Gasteiger partial charge in [-0.05, 0) is 30.7 Å². The summed E-state index contributed by atoms with van der Waals surface area (Å²) in [7, 11) is 1.54. The summed E-state index contributed by atoms with van der Waals surface area (Å²) >= 11 is 0. The van der Waals surface area contributed by atoms with Crippen molar-refractivity contribution < 1.29 is 14.3 Å². The first kappa shape index (κ1) is 13.1. The molecule has 2 aromatic rings. The van der Waals surface area contributed by atoms with E-state index >= 15 is 0 Å². The van der Waals surface area contributed by atoms with Gasteiger partial charge in [-0.3, -0.25) is 9.78 Å². The van der Waals surface area contributed by atoms with Crippen LogP contribution in [0, 0.1) is 0 Å². The normalized spacial score (nSPS) is 10.0. The van der Waals surface area contributed by atoms with Crippen LogP contribution in [-0.2, 0) is 0 Å². The molecule has 0 amide bonds. The van der Waals surface area contributed by atoms with Gasteiger partial charge in [0.15, 0.2) is 6.29 Å². The Labute approximate surface area is 112 Å². The van der Waals surface area contributed by atoms with E-state index in [-0.39, 0.29) is 0 Å².